The van der Waals surface area contributed by atoms with Crippen molar-refractivity contribution in [3.63, 3.8) is 0 Å². The molecule has 0 saturated carbocycles. The highest BCUT2D eigenvalue weighted by atomic mass is 32.2. The zero-order valence-electron chi connectivity index (χ0n) is 12.0. The summed E-state index contributed by atoms with van der Waals surface area (Å²) in [6.45, 7) is 3.13. The minimum Gasteiger partial charge on any atom is -0.326 e. The first-order valence-electron chi connectivity index (χ1n) is 6.85. The van der Waals surface area contributed by atoms with E-state index in [1.54, 1.807) is 35.3 Å². The molecule has 0 fully saturated rings. The van der Waals surface area contributed by atoms with Gasteiger partial charge in [-0.2, -0.15) is 5.10 Å². The summed E-state index contributed by atoms with van der Waals surface area (Å²) in [6, 6.07) is 6.89. The monoisotopic (exact) mass is 308 g/mol. The average molecular weight is 308 g/mol. The van der Waals surface area contributed by atoms with E-state index in [1.165, 1.54) is 0 Å². The third-order valence-corrected chi connectivity index (χ3v) is 4.74. The largest absolute Gasteiger partial charge is 0.326 e. The van der Waals surface area contributed by atoms with Crippen LogP contribution in [0, 0.1) is 0 Å². The second kappa shape index (κ2) is 6.84. The predicted molar refractivity (Wildman–Crippen MR) is 81.1 cm³/mol. The lowest BCUT2D eigenvalue weighted by molar-refractivity contribution is 0.560. The lowest BCUT2D eigenvalue weighted by Gasteiger charge is -2.11. The summed E-state index contributed by atoms with van der Waals surface area (Å²) in [6.07, 6.45) is 4.28. The third-order valence-electron chi connectivity index (χ3n) is 3.28. The molecule has 0 spiro atoms. The maximum absolute atomic E-state index is 12.2. The molecule has 0 aliphatic carbocycles. The van der Waals surface area contributed by atoms with Crippen LogP contribution in [0.1, 0.15) is 18.1 Å². The molecule has 0 atom stereocenters. The van der Waals surface area contributed by atoms with Gasteiger partial charge in [0.25, 0.3) is 0 Å². The summed E-state index contributed by atoms with van der Waals surface area (Å²) < 4.78 is 28.7. The number of hydrogen-bond donors (Lipinski definition) is 2. The van der Waals surface area contributed by atoms with Gasteiger partial charge in [-0.25, -0.2) is 13.1 Å². The number of nitrogens with zero attached hydrogens (tertiary/aromatic N) is 2. The molecule has 0 amide bonds. The second-order valence-corrected chi connectivity index (χ2v) is 6.42. The molecular formula is C14H20N4O2S. The minimum atomic E-state index is -3.52. The van der Waals surface area contributed by atoms with E-state index < -0.39 is 10.0 Å². The Morgan fingerprint density at radius 2 is 2.14 bits per heavy atom. The Morgan fingerprint density at radius 1 is 1.33 bits per heavy atom. The van der Waals surface area contributed by atoms with Gasteiger partial charge in [0.2, 0.25) is 10.0 Å². The molecule has 2 aromatic rings. The van der Waals surface area contributed by atoms with E-state index >= 15 is 0 Å². The Kier molecular flexibility index (Phi) is 5.11. The Balaban J connectivity index is 2.08. The smallest absolute Gasteiger partial charge is 0.240 e. The molecular weight excluding hydrogens is 288 g/mol. The van der Waals surface area contributed by atoms with Crippen LogP contribution in [0.15, 0.2) is 41.6 Å². The molecule has 2 rings (SSSR count). The van der Waals surface area contributed by atoms with Gasteiger partial charge in [-0.1, -0.05) is 13.0 Å². The molecule has 0 aliphatic heterocycles. The molecule has 0 bridgehead atoms. The number of sulfonamides is 1. The van der Waals surface area contributed by atoms with Crippen LogP contribution in [0.25, 0.3) is 0 Å². The van der Waals surface area contributed by atoms with Crippen molar-refractivity contribution in [1.29, 1.82) is 0 Å². The number of aryl methyl sites for hydroxylation is 1. The van der Waals surface area contributed by atoms with Gasteiger partial charge in [-0.3, -0.25) is 4.68 Å². The van der Waals surface area contributed by atoms with Crippen molar-refractivity contribution in [2.75, 3.05) is 6.54 Å². The quantitative estimate of drug-likeness (QED) is 0.794. The first-order valence-corrected chi connectivity index (χ1v) is 8.34. The van der Waals surface area contributed by atoms with Crippen LogP contribution >= 0.6 is 0 Å². The van der Waals surface area contributed by atoms with E-state index in [2.05, 4.69) is 9.82 Å². The van der Waals surface area contributed by atoms with E-state index in [9.17, 15) is 8.42 Å². The zero-order chi connectivity index (χ0) is 15.3. The third kappa shape index (κ3) is 3.90. The van der Waals surface area contributed by atoms with Gasteiger partial charge < -0.3 is 5.73 Å². The molecule has 1 aromatic heterocycles. The Labute approximate surface area is 125 Å². The van der Waals surface area contributed by atoms with E-state index in [1.807, 2.05) is 13.0 Å². The fraction of sp³-hybridized carbons (Fsp3) is 0.357. The van der Waals surface area contributed by atoms with Gasteiger partial charge in [0.15, 0.2) is 0 Å². The zero-order valence-corrected chi connectivity index (χ0v) is 12.8. The number of hydrogen-bond acceptors (Lipinski definition) is 4. The molecule has 3 N–H and O–H groups in total. The molecule has 6 nitrogen and oxygen atoms in total. The highest BCUT2D eigenvalue weighted by Crippen LogP contribution is 2.16. The Hall–Kier alpha value is -1.70. The van der Waals surface area contributed by atoms with Crippen molar-refractivity contribution in [1.82, 2.24) is 14.5 Å². The fourth-order valence-corrected chi connectivity index (χ4v) is 3.19. The predicted octanol–water partition coefficient (Wildman–Crippen LogP) is 0.883. The highest BCUT2D eigenvalue weighted by Gasteiger charge is 2.15. The minimum absolute atomic E-state index is 0.251. The molecule has 1 aromatic carbocycles. The van der Waals surface area contributed by atoms with Crippen molar-refractivity contribution in [3.8, 4) is 0 Å². The lowest BCUT2D eigenvalue weighted by atomic mass is 10.1. The molecule has 0 radical (unpaired) electrons. The van der Waals surface area contributed by atoms with Gasteiger partial charge in [0.05, 0.1) is 11.4 Å². The first-order chi connectivity index (χ1) is 10.1. The summed E-state index contributed by atoms with van der Waals surface area (Å²) in [5.74, 6) is 0. The number of rotatable bonds is 7. The summed E-state index contributed by atoms with van der Waals surface area (Å²) in [4.78, 5) is 0.251. The topological polar surface area (TPSA) is 90.0 Å². The van der Waals surface area contributed by atoms with Crippen LogP contribution in [0.4, 0.5) is 0 Å². The maximum atomic E-state index is 12.2. The van der Waals surface area contributed by atoms with Gasteiger partial charge in [-0.05, 0) is 35.7 Å². The summed E-state index contributed by atoms with van der Waals surface area (Å²) in [5.41, 5.74) is 7.62. The summed E-state index contributed by atoms with van der Waals surface area (Å²) in [7, 11) is -3.52. The van der Waals surface area contributed by atoms with Crippen molar-refractivity contribution < 1.29 is 8.42 Å². The SMILES string of the molecule is CCc1ccc(S(=O)(=O)NCCn2cccn2)cc1CN. The summed E-state index contributed by atoms with van der Waals surface area (Å²) in [5, 5.41) is 4.02. The molecule has 7 heteroatoms. The van der Waals surface area contributed by atoms with Gasteiger partial charge >= 0.3 is 0 Å². The van der Waals surface area contributed by atoms with Crippen molar-refractivity contribution in [2.45, 2.75) is 31.3 Å². The normalized spacial score (nSPS) is 11.7. The lowest BCUT2D eigenvalue weighted by Crippen LogP contribution is -2.27. The van der Waals surface area contributed by atoms with Gasteiger partial charge in [0, 0.05) is 25.5 Å². The molecule has 0 aliphatic rings. The Bertz CT molecular complexity index is 681. The second-order valence-electron chi connectivity index (χ2n) is 4.66. The molecule has 114 valence electrons. The number of nitrogens with two attached hydrogens (primary N) is 1. The van der Waals surface area contributed by atoms with E-state index in [-0.39, 0.29) is 11.4 Å². The molecule has 0 saturated heterocycles. The fourth-order valence-electron chi connectivity index (χ4n) is 2.11. The molecule has 0 unspecified atom stereocenters. The van der Waals surface area contributed by atoms with Crippen LogP contribution in [0.5, 0.6) is 0 Å². The average Bonchev–Trinajstić information content (AvgIpc) is 2.99. The van der Waals surface area contributed by atoms with E-state index in [0.717, 1.165) is 17.5 Å². The van der Waals surface area contributed by atoms with Crippen LogP contribution in [0.3, 0.4) is 0 Å². The van der Waals surface area contributed by atoms with Crippen molar-refractivity contribution in [3.05, 3.63) is 47.8 Å². The van der Waals surface area contributed by atoms with Gasteiger partial charge in [-0.15, -0.1) is 0 Å². The highest BCUT2D eigenvalue weighted by molar-refractivity contribution is 7.89. The first kappa shape index (κ1) is 15.7. The summed E-state index contributed by atoms with van der Waals surface area (Å²) >= 11 is 0. The standard InChI is InChI=1S/C14H20N4O2S/c1-2-12-4-5-14(10-13(12)11-15)21(19,20)17-7-9-18-8-3-6-16-18/h3-6,8,10,17H,2,7,9,11,15H2,1H3. The van der Waals surface area contributed by atoms with Crippen LogP contribution in [-0.2, 0) is 29.5 Å². The van der Waals surface area contributed by atoms with Crippen LogP contribution in [-0.4, -0.2) is 24.7 Å². The van der Waals surface area contributed by atoms with Crippen molar-refractivity contribution in [2.24, 2.45) is 5.73 Å². The van der Waals surface area contributed by atoms with E-state index in [4.69, 9.17) is 5.73 Å². The van der Waals surface area contributed by atoms with Crippen molar-refractivity contribution >= 4 is 10.0 Å². The molecule has 21 heavy (non-hydrogen) atoms. The number of aromatic nitrogens is 2. The molecule has 1 heterocycles. The Morgan fingerprint density at radius 3 is 2.76 bits per heavy atom. The van der Waals surface area contributed by atoms with Crippen LogP contribution in [0.2, 0.25) is 0 Å². The number of nitrogens with one attached hydrogen (secondary N) is 1. The van der Waals surface area contributed by atoms with E-state index in [0.29, 0.717) is 13.1 Å². The van der Waals surface area contributed by atoms with Crippen LogP contribution < -0.4 is 10.5 Å². The number of benzene rings is 1. The van der Waals surface area contributed by atoms with Gasteiger partial charge in [0.1, 0.15) is 0 Å². The maximum Gasteiger partial charge on any atom is 0.240 e.